The van der Waals surface area contributed by atoms with Gasteiger partial charge >= 0.3 is 5.91 Å². The number of nitrogens with one attached hydrogen (secondary N) is 1. The number of thioether (sulfide) groups is 1. The van der Waals surface area contributed by atoms with Gasteiger partial charge in [0, 0.05) is 5.56 Å². The van der Waals surface area contributed by atoms with Crippen molar-refractivity contribution in [3.8, 4) is 17.1 Å². The molecule has 158 valence electrons. The molecule has 1 N–H and O–H groups in total. The van der Waals surface area contributed by atoms with Crippen LogP contribution in [-0.4, -0.2) is 37.3 Å². The molecule has 8 heteroatoms. The monoisotopic (exact) mass is 441 g/mol. The van der Waals surface area contributed by atoms with Crippen LogP contribution in [0, 0.1) is 0 Å². The molecule has 5 rings (SSSR count). The number of rotatable bonds is 5. The summed E-state index contributed by atoms with van der Waals surface area (Å²) in [5.41, 5.74) is 5.28. The highest BCUT2D eigenvalue weighted by Crippen LogP contribution is 2.37. The molecule has 4 aromatic rings. The number of benzene rings is 3. The van der Waals surface area contributed by atoms with Crippen molar-refractivity contribution in [3.05, 3.63) is 102 Å². The van der Waals surface area contributed by atoms with Crippen LogP contribution < -0.4 is 5.43 Å². The van der Waals surface area contributed by atoms with Crippen LogP contribution in [0.25, 0.3) is 17.1 Å². The van der Waals surface area contributed by atoms with E-state index in [1.54, 1.807) is 4.68 Å². The molecule has 1 aromatic heterocycles. The molecule has 2 heterocycles. The normalized spacial score (nSPS) is 15.7. The first-order valence-electron chi connectivity index (χ1n) is 10.1. The van der Waals surface area contributed by atoms with Crippen molar-refractivity contribution in [2.75, 3.05) is 5.75 Å². The molecule has 0 radical (unpaired) electrons. The summed E-state index contributed by atoms with van der Waals surface area (Å²) in [6.07, 6.45) is 0. The summed E-state index contributed by atoms with van der Waals surface area (Å²) in [5, 5.41) is 5.55. The molecule has 1 unspecified atom stereocenters. The van der Waals surface area contributed by atoms with Gasteiger partial charge in [-0.25, -0.2) is 14.7 Å². The maximum atomic E-state index is 13.1. The number of carbonyl (C=O) groups is 2. The standard InChI is InChI=1S/C24H19N5O2S/c30-20-16-32-24(18-12-6-2-7-13-18)29(20)27-23(31)21-25-22(17-10-4-1-5-11-17)28(26-21)19-14-8-3-9-15-19/h1-15,24H,16H2,(H,27,31). The van der Waals surface area contributed by atoms with Gasteiger partial charge in [0.25, 0.3) is 5.91 Å². The lowest BCUT2D eigenvalue weighted by Gasteiger charge is -2.23. The number of nitrogens with zero attached hydrogens (tertiary/aromatic N) is 4. The lowest BCUT2D eigenvalue weighted by Crippen LogP contribution is -2.44. The lowest BCUT2D eigenvalue weighted by molar-refractivity contribution is -0.130. The Bertz CT molecular complexity index is 1190. The first kappa shape index (κ1) is 20.0. The average Bonchev–Trinajstić information content (AvgIpc) is 3.45. The van der Waals surface area contributed by atoms with Crippen LogP contribution in [0.1, 0.15) is 21.6 Å². The van der Waals surface area contributed by atoms with Crippen molar-refractivity contribution in [1.82, 2.24) is 25.2 Å². The third kappa shape index (κ3) is 3.88. The van der Waals surface area contributed by atoms with E-state index in [1.165, 1.54) is 16.8 Å². The molecule has 0 spiro atoms. The molecule has 7 nitrogen and oxygen atoms in total. The smallest absolute Gasteiger partial charge is 0.272 e. The van der Waals surface area contributed by atoms with E-state index in [4.69, 9.17) is 0 Å². The molecule has 1 aliphatic heterocycles. The van der Waals surface area contributed by atoms with Gasteiger partial charge < -0.3 is 0 Å². The van der Waals surface area contributed by atoms with Crippen LogP contribution >= 0.6 is 11.8 Å². The molecule has 32 heavy (non-hydrogen) atoms. The minimum absolute atomic E-state index is 0.00998. The van der Waals surface area contributed by atoms with Crippen molar-refractivity contribution in [2.45, 2.75) is 5.37 Å². The third-order valence-corrected chi connectivity index (χ3v) is 6.23. The number of hydrogen-bond donors (Lipinski definition) is 1. The molecule has 0 saturated carbocycles. The molecule has 1 aliphatic rings. The minimum atomic E-state index is -0.534. The SMILES string of the molecule is O=C(NN1C(=O)CSC1c1ccccc1)c1nc(-c2ccccc2)n(-c2ccccc2)n1. The number of aromatic nitrogens is 3. The molecule has 1 atom stereocenters. The summed E-state index contributed by atoms with van der Waals surface area (Å²) >= 11 is 1.47. The predicted octanol–water partition coefficient (Wildman–Crippen LogP) is 3.85. The second-order valence-corrected chi connectivity index (χ2v) is 8.22. The Morgan fingerprint density at radius 1 is 0.906 bits per heavy atom. The summed E-state index contributed by atoms with van der Waals surface area (Å²) < 4.78 is 1.64. The lowest BCUT2D eigenvalue weighted by atomic mass is 10.2. The number of hydrazine groups is 1. The van der Waals surface area contributed by atoms with Gasteiger partial charge in [-0.1, -0.05) is 78.9 Å². The van der Waals surface area contributed by atoms with Gasteiger partial charge in [0.05, 0.1) is 11.4 Å². The zero-order chi connectivity index (χ0) is 21.9. The fourth-order valence-electron chi connectivity index (χ4n) is 3.50. The average molecular weight is 442 g/mol. The van der Waals surface area contributed by atoms with E-state index >= 15 is 0 Å². The van der Waals surface area contributed by atoms with Crippen molar-refractivity contribution >= 4 is 23.6 Å². The molecule has 1 fully saturated rings. The van der Waals surface area contributed by atoms with Crippen LogP contribution in [0.4, 0.5) is 0 Å². The first-order chi connectivity index (χ1) is 15.7. The van der Waals surface area contributed by atoms with Crippen LogP contribution in [0.2, 0.25) is 0 Å². The maximum absolute atomic E-state index is 13.1. The zero-order valence-electron chi connectivity index (χ0n) is 17.0. The topological polar surface area (TPSA) is 80.1 Å². The second kappa shape index (κ2) is 8.68. The van der Waals surface area contributed by atoms with Crippen LogP contribution in [0.3, 0.4) is 0 Å². The molecular formula is C24H19N5O2S. The first-order valence-corrected chi connectivity index (χ1v) is 11.1. The molecule has 2 amide bonds. The van der Waals surface area contributed by atoms with E-state index < -0.39 is 5.91 Å². The number of hydrogen-bond acceptors (Lipinski definition) is 5. The number of carbonyl (C=O) groups excluding carboxylic acids is 2. The summed E-state index contributed by atoms with van der Waals surface area (Å²) in [7, 11) is 0. The Morgan fingerprint density at radius 2 is 1.53 bits per heavy atom. The van der Waals surface area contributed by atoms with Crippen molar-refractivity contribution in [1.29, 1.82) is 0 Å². The minimum Gasteiger partial charge on any atom is -0.272 e. The highest BCUT2D eigenvalue weighted by atomic mass is 32.2. The Balaban J connectivity index is 1.47. The summed E-state index contributed by atoms with van der Waals surface area (Å²) in [5.74, 6) is 0.130. The van der Waals surface area contributed by atoms with Crippen molar-refractivity contribution < 1.29 is 9.59 Å². The largest absolute Gasteiger partial charge is 0.309 e. The summed E-state index contributed by atoms with van der Waals surface area (Å²) in [4.78, 5) is 30.1. The van der Waals surface area contributed by atoms with Gasteiger partial charge in [0.2, 0.25) is 5.82 Å². The molecule has 0 aliphatic carbocycles. The van der Waals surface area contributed by atoms with E-state index in [1.807, 2.05) is 91.0 Å². The molecule has 3 aromatic carbocycles. The fourth-order valence-corrected chi connectivity index (χ4v) is 4.61. The van der Waals surface area contributed by atoms with Crippen LogP contribution in [-0.2, 0) is 4.79 Å². The third-order valence-electron chi connectivity index (χ3n) is 5.02. The molecule has 0 bridgehead atoms. The van der Waals surface area contributed by atoms with Gasteiger partial charge in [-0.3, -0.25) is 15.0 Å². The van der Waals surface area contributed by atoms with Crippen molar-refractivity contribution in [3.63, 3.8) is 0 Å². The van der Waals surface area contributed by atoms with E-state index in [0.717, 1.165) is 16.8 Å². The molecule has 1 saturated heterocycles. The highest BCUT2D eigenvalue weighted by molar-refractivity contribution is 8.00. The highest BCUT2D eigenvalue weighted by Gasteiger charge is 2.35. The Kier molecular flexibility index (Phi) is 5.43. The van der Waals surface area contributed by atoms with Gasteiger partial charge in [-0.15, -0.1) is 16.9 Å². The van der Waals surface area contributed by atoms with Crippen LogP contribution in [0.15, 0.2) is 91.0 Å². The van der Waals surface area contributed by atoms with E-state index in [2.05, 4.69) is 15.5 Å². The van der Waals surface area contributed by atoms with E-state index in [9.17, 15) is 9.59 Å². The number of amides is 2. The Labute approximate surface area is 189 Å². The van der Waals surface area contributed by atoms with Crippen molar-refractivity contribution in [2.24, 2.45) is 0 Å². The summed E-state index contributed by atoms with van der Waals surface area (Å²) in [6, 6.07) is 28.7. The van der Waals surface area contributed by atoms with Gasteiger partial charge in [-0.05, 0) is 17.7 Å². The Hall–Kier alpha value is -3.91. The zero-order valence-corrected chi connectivity index (χ0v) is 17.8. The van der Waals surface area contributed by atoms with Crippen LogP contribution in [0.5, 0.6) is 0 Å². The van der Waals surface area contributed by atoms with E-state index in [-0.39, 0.29) is 17.1 Å². The van der Waals surface area contributed by atoms with E-state index in [0.29, 0.717) is 11.6 Å². The number of para-hydroxylation sites is 1. The molecular weight excluding hydrogens is 422 g/mol. The summed E-state index contributed by atoms with van der Waals surface area (Å²) in [6.45, 7) is 0. The maximum Gasteiger partial charge on any atom is 0.309 e. The second-order valence-electron chi connectivity index (χ2n) is 7.15. The predicted molar refractivity (Wildman–Crippen MR) is 123 cm³/mol. The quantitative estimate of drug-likeness (QED) is 0.509. The van der Waals surface area contributed by atoms with Gasteiger partial charge in [0.1, 0.15) is 5.37 Å². The van der Waals surface area contributed by atoms with Gasteiger partial charge in [-0.2, -0.15) is 0 Å². The Morgan fingerprint density at radius 3 is 2.22 bits per heavy atom. The fraction of sp³-hybridized carbons (Fsp3) is 0.0833. The van der Waals surface area contributed by atoms with Gasteiger partial charge in [0.15, 0.2) is 5.82 Å².